The Morgan fingerprint density at radius 3 is 2.82 bits per heavy atom. The van der Waals surface area contributed by atoms with Crippen LogP contribution in [0, 0.1) is 0 Å². The van der Waals surface area contributed by atoms with Crippen molar-refractivity contribution in [1.82, 2.24) is 19.5 Å². The van der Waals surface area contributed by atoms with Gasteiger partial charge < -0.3 is 20.3 Å². The Kier molecular flexibility index (Phi) is 5.38. The maximum absolute atomic E-state index is 12.7. The van der Waals surface area contributed by atoms with E-state index in [1.165, 1.54) is 0 Å². The number of ether oxygens (including phenoxy) is 1. The van der Waals surface area contributed by atoms with Gasteiger partial charge in [-0.3, -0.25) is 4.79 Å². The van der Waals surface area contributed by atoms with Crippen LogP contribution in [0.15, 0.2) is 48.8 Å². The second-order valence-electron chi connectivity index (χ2n) is 6.75. The van der Waals surface area contributed by atoms with E-state index in [0.717, 1.165) is 35.9 Å². The highest BCUT2D eigenvalue weighted by molar-refractivity contribution is 5.79. The van der Waals surface area contributed by atoms with Crippen LogP contribution in [0.2, 0.25) is 0 Å². The van der Waals surface area contributed by atoms with Crippen LogP contribution in [-0.4, -0.2) is 64.7 Å². The van der Waals surface area contributed by atoms with Gasteiger partial charge in [0.1, 0.15) is 18.2 Å². The van der Waals surface area contributed by atoms with Crippen molar-refractivity contribution in [1.29, 1.82) is 0 Å². The largest absolute Gasteiger partial charge is 0.492 e. The molecule has 1 fully saturated rings. The van der Waals surface area contributed by atoms with E-state index in [9.17, 15) is 4.79 Å². The molecule has 8 nitrogen and oxygen atoms in total. The molecule has 8 heteroatoms. The van der Waals surface area contributed by atoms with Crippen LogP contribution in [0.4, 0.5) is 5.82 Å². The third-order valence-corrected chi connectivity index (χ3v) is 4.84. The Balaban J connectivity index is 1.33. The number of aromatic nitrogens is 3. The Hall–Kier alpha value is -3.13. The van der Waals surface area contributed by atoms with E-state index in [-0.39, 0.29) is 5.91 Å². The molecule has 1 aliphatic rings. The summed E-state index contributed by atoms with van der Waals surface area (Å²) in [6.45, 7) is 3.84. The molecule has 1 aromatic carbocycles. The summed E-state index contributed by atoms with van der Waals surface area (Å²) in [4.78, 5) is 21.0. The summed E-state index contributed by atoms with van der Waals surface area (Å²) in [6.07, 6.45) is 3.95. The molecule has 0 bridgehead atoms. The summed E-state index contributed by atoms with van der Waals surface area (Å²) < 4.78 is 7.31. The lowest BCUT2D eigenvalue weighted by Crippen LogP contribution is -2.49. The summed E-state index contributed by atoms with van der Waals surface area (Å²) in [5.41, 5.74) is 7.25. The number of fused-ring (bicyclic) bond motifs is 1. The lowest BCUT2D eigenvalue weighted by molar-refractivity contribution is -0.130. The van der Waals surface area contributed by atoms with E-state index in [0.29, 0.717) is 32.7 Å². The van der Waals surface area contributed by atoms with Gasteiger partial charge >= 0.3 is 0 Å². The maximum atomic E-state index is 12.7. The summed E-state index contributed by atoms with van der Waals surface area (Å²) in [5, 5.41) is 4.58. The SMILES string of the molecule is NCCOc1cccc(CC(=O)N2CCN(c3ccc4nccn4n3)CC2)c1. The molecule has 28 heavy (non-hydrogen) atoms. The number of piperazine rings is 1. The van der Waals surface area contributed by atoms with Crippen LogP contribution < -0.4 is 15.4 Å². The zero-order valence-electron chi connectivity index (χ0n) is 15.7. The van der Waals surface area contributed by atoms with Gasteiger partial charge in [-0.05, 0) is 29.8 Å². The van der Waals surface area contributed by atoms with Crippen LogP contribution in [0.25, 0.3) is 5.65 Å². The molecule has 1 saturated heterocycles. The number of imidazole rings is 1. The summed E-state index contributed by atoms with van der Waals surface area (Å²) in [6, 6.07) is 11.6. The Morgan fingerprint density at radius 1 is 1.14 bits per heavy atom. The lowest BCUT2D eigenvalue weighted by atomic mass is 10.1. The van der Waals surface area contributed by atoms with Crippen LogP contribution in [-0.2, 0) is 11.2 Å². The van der Waals surface area contributed by atoms with Crippen molar-refractivity contribution in [2.75, 3.05) is 44.2 Å². The summed E-state index contributed by atoms with van der Waals surface area (Å²) >= 11 is 0. The van der Waals surface area contributed by atoms with Crippen molar-refractivity contribution in [2.45, 2.75) is 6.42 Å². The summed E-state index contributed by atoms with van der Waals surface area (Å²) in [5.74, 6) is 1.79. The molecule has 3 heterocycles. The number of nitrogens with zero attached hydrogens (tertiary/aromatic N) is 5. The van der Waals surface area contributed by atoms with E-state index in [1.54, 1.807) is 10.7 Å². The van der Waals surface area contributed by atoms with Gasteiger partial charge in [-0.2, -0.15) is 0 Å². The smallest absolute Gasteiger partial charge is 0.227 e. The quantitative estimate of drug-likeness (QED) is 0.685. The third-order valence-electron chi connectivity index (χ3n) is 4.84. The second-order valence-corrected chi connectivity index (χ2v) is 6.75. The molecule has 1 amide bonds. The lowest BCUT2D eigenvalue weighted by Gasteiger charge is -2.35. The van der Waals surface area contributed by atoms with Crippen molar-refractivity contribution < 1.29 is 9.53 Å². The topological polar surface area (TPSA) is 89.0 Å². The fraction of sp³-hybridized carbons (Fsp3) is 0.350. The minimum atomic E-state index is 0.133. The van der Waals surface area contributed by atoms with Crippen LogP contribution in [0.3, 0.4) is 0 Å². The Labute approximate surface area is 163 Å². The molecular formula is C20H24N6O2. The monoisotopic (exact) mass is 380 g/mol. The second kappa shape index (κ2) is 8.26. The third kappa shape index (κ3) is 4.07. The van der Waals surface area contributed by atoms with Gasteiger partial charge in [-0.1, -0.05) is 12.1 Å². The Morgan fingerprint density at radius 2 is 2.00 bits per heavy atom. The molecule has 146 valence electrons. The van der Waals surface area contributed by atoms with E-state index in [1.807, 2.05) is 47.5 Å². The van der Waals surface area contributed by atoms with Crippen LogP contribution >= 0.6 is 0 Å². The molecule has 0 spiro atoms. The standard InChI is InChI=1S/C20H24N6O2/c21-6-13-28-17-3-1-2-16(14-17)15-20(27)25-11-9-24(10-12-25)19-5-4-18-22-7-8-26(18)23-19/h1-5,7-8,14H,6,9-13,15,21H2. The predicted octanol–water partition coefficient (Wildman–Crippen LogP) is 0.958. The molecule has 0 unspecified atom stereocenters. The number of carbonyl (C=O) groups is 1. The average Bonchev–Trinajstić information content (AvgIpc) is 3.20. The van der Waals surface area contributed by atoms with Crippen molar-refractivity contribution in [2.24, 2.45) is 5.73 Å². The molecule has 1 aliphatic heterocycles. The minimum Gasteiger partial charge on any atom is -0.492 e. The molecule has 4 rings (SSSR count). The normalized spacial score (nSPS) is 14.5. The van der Waals surface area contributed by atoms with Gasteiger partial charge in [0.2, 0.25) is 5.91 Å². The van der Waals surface area contributed by atoms with Gasteiger partial charge in [-0.25, -0.2) is 9.50 Å². The number of nitrogens with two attached hydrogens (primary N) is 1. The minimum absolute atomic E-state index is 0.133. The van der Waals surface area contributed by atoms with Crippen molar-refractivity contribution >= 4 is 17.4 Å². The van der Waals surface area contributed by atoms with Gasteiger partial charge in [0.05, 0.1) is 6.42 Å². The van der Waals surface area contributed by atoms with Gasteiger partial charge in [0, 0.05) is 45.1 Å². The van der Waals surface area contributed by atoms with Crippen LogP contribution in [0.5, 0.6) is 5.75 Å². The first-order valence-corrected chi connectivity index (χ1v) is 9.48. The highest BCUT2D eigenvalue weighted by Crippen LogP contribution is 2.17. The predicted molar refractivity (Wildman–Crippen MR) is 106 cm³/mol. The molecule has 0 aliphatic carbocycles. The van der Waals surface area contributed by atoms with Crippen molar-refractivity contribution in [3.63, 3.8) is 0 Å². The molecule has 0 radical (unpaired) electrons. The number of hydrogen-bond donors (Lipinski definition) is 1. The van der Waals surface area contributed by atoms with E-state index < -0.39 is 0 Å². The van der Waals surface area contributed by atoms with Gasteiger partial charge in [-0.15, -0.1) is 5.10 Å². The average molecular weight is 380 g/mol. The molecule has 2 aromatic heterocycles. The zero-order valence-corrected chi connectivity index (χ0v) is 15.7. The van der Waals surface area contributed by atoms with Crippen molar-refractivity contribution in [3.8, 4) is 5.75 Å². The van der Waals surface area contributed by atoms with Crippen molar-refractivity contribution in [3.05, 3.63) is 54.4 Å². The number of carbonyl (C=O) groups excluding carboxylic acids is 1. The molecule has 0 saturated carbocycles. The number of hydrogen-bond acceptors (Lipinski definition) is 6. The first-order valence-electron chi connectivity index (χ1n) is 9.48. The van der Waals surface area contributed by atoms with Crippen LogP contribution in [0.1, 0.15) is 5.56 Å². The van der Waals surface area contributed by atoms with E-state index >= 15 is 0 Å². The number of anilines is 1. The van der Waals surface area contributed by atoms with E-state index in [2.05, 4.69) is 15.0 Å². The fourth-order valence-electron chi connectivity index (χ4n) is 3.37. The highest BCUT2D eigenvalue weighted by atomic mass is 16.5. The first kappa shape index (κ1) is 18.2. The molecular weight excluding hydrogens is 356 g/mol. The molecule has 0 atom stereocenters. The number of rotatable bonds is 6. The first-order chi connectivity index (χ1) is 13.7. The molecule has 3 aromatic rings. The van der Waals surface area contributed by atoms with Gasteiger partial charge in [0.15, 0.2) is 5.65 Å². The summed E-state index contributed by atoms with van der Waals surface area (Å²) in [7, 11) is 0. The zero-order chi connectivity index (χ0) is 19.3. The molecule has 2 N–H and O–H groups in total. The highest BCUT2D eigenvalue weighted by Gasteiger charge is 2.22. The number of benzene rings is 1. The Bertz CT molecular complexity index is 949. The van der Waals surface area contributed by atoms with Gasteiger partial charge in [0.25, 0.3) is 0 Å². The van der Waals surface area contributed by atoms with E-state index in [4.69, 9.17) is 10.5 Å². The number of amides is 1. The fourth-order valence-corrected chi connectivity index (χ4v) is 3.37. The maximum Gasteiger partial charge on any atom is 0.227 e.